The van der Waals surface area contributed by atoms with Gasteiger partial charge in [-0.15, -0.1) is 0 Å². The number of benzene rings is 2. The van der Waals surface area contributed by atoms with Crippen molar-refractivity contribution in [1.82, 2.24) is 0 Å². The summed E-state index contributed by atoms with van der Waals surface area (Å²) in [7, 11) is 0. The minimum absolute atomic E-state index is 0.123. The van der Waals surface area contributed by atoms with E-state index in [0.29, 0.717) is 22.9 Å². The van der Waals surface area contributed by atoms with Gasteiger partial charge in [0.2, 0.25) is 0 Å². The number of ether oxygens (including phenoxy) is 2. The van der Waals surface area contributed by atoms with Gasteiger partial charge in [-0.3, -0.25) is 0 Å². The molecule has 0 spiro atoms. The van der Waals surface area contributed by atoms with E-state index >= 15 is 0 Å². The van der Waals surface area contributed by atoms with Crippen molar-refractivity contribution in [3.63, 3.8) is 0 Å². The number of hydrogen-bond donors (Lipinski definition) is 0. The molecule has 0 bridgehead atoms. The molecular weight excluding hydrogens is 326 g/mol. The van der Waals surface area contributed by atoms with Gasteiger partial charge in [0.15, 0.2) is 0 Å². The van der Waals surface area contributed by atoms with Crippen LogP contribution in [-0.2, 0) is 4.79 Å². The second-order valence-electron chi connectivity index (χ2n) is 4.90. The highest BCUT2D eigenvalue weighted by Gasteiger charge is 2.13. The smallest absolute Gasteiger partial charge is 0.354 e. The fraction of sp³-hybridized carbons (Fsp3) is 0.158. The molecule has 0 saturated heterocycles. The molecule has 0 aromatic heterocycles. The highest BCUT2D eigenvalue weighted by atomic mass is 35.5. The molecule has 0 saturated carbocycles. The van der Waals surface area contributed by atoms with Gasteiger partial charge in [0, 0.05) is 10.6 Å². The van der Waals surface area contributed by atoms with Crippen LogP contribution in [0.25, 0.3) is 6.08 Å². The van der Waals surface area contributed by atoms with Crippen LogP contribution in [0.15, 0.2) is 54.1 Å². The third kappa shape index (κ3) is 4.87. The van der Waals surface area contributed by atoms with Gasteiger partial charge in [-0.1, -0.05) is 42.8 Å². The number of halogens is 1. The second kappa shape index (κ2) is 8.76. The Morgan fingerprint density at radius 1 is 1.25 bits per heavy atom. The summed E-state index contributed by atoms with van der Waals surface area (Å²) in [5, 5.41) is 9.72. The van der Waals surface area contributed by atoms with Crippen molar-refractivity contribution in [2.24, 2.45) is 0 Å². The number of nitrogens with zero attached hydrogens (tertiary/aromatic N) is 1. The predicted octanol–water partition coefficient (Wildman–Crippen LogP) is 4.64. The molecule has 0 fully saturated rings. The molecule has 0 atom stereocenters. The Kier molecular flexibility index (Phi) is 6.41. The van der Waals surface area contributed by atoms with Crippen molar-refractivity contribution in [2.45, 2.75) is 13.3 Å². The van der Waals surface area contributed by atoms with E-state index in [1.54, 1.807) is 30.3 Å². The Morgan fingerprint density at radius 3 is 2.75 bits per heavy atom. The quantitative estimate of drug-likeness (QED) is 0.332. The predicted molar refractivity (Wildman–Crippen MR) is 92.9 cm³/mol. The molecule has 0 N–H and O–H groups in total. The number of esters is 1. The van der Waals surface area contributed by atoms with Gasteiger partial charge < -0.3 is 9.47 Å². The molecule has 0 unspecified atom stereocenters. The number of nitriles is 1. The molecule has 122 valence electrons. The zero-order valence-corrected chi connectivity index (χ0v) is 13.9. The van der Waals surface area contributed by atoms with Crippen LogP contribution in [0.2, 0.25) is 5.02 Å². The summed E-state index contributed by atoms with van der Waals surface area (Å²) in [6.07, 6.45) is 2.32. The summed E-state index contributed by atoms with van der Waals surface area (Å²) in [6.45, 7) is 2.56. The monoisotopic (exact) mass is 341 g/mol. The van der Waals surface area contributed by atoms with E-state index in [1.807, 2.05) is 25.1 Å². The van der Waals surface area contributed by atoms with Crippen molar-refractivity contribution < 1.29 is 14.3 Å². The van der Waals surface area contributed by atoms with E-state index in [2.05, 4.69) is 0 Å². The van der Waals surface area contributed by atoms with Crippen LogP contribution in [0.3, 0.4) is 0 Å². The molecule has 0 aliphatic heterocycles. The summed E-state index contributed by atoms with van der Waals surface area (Å²) in [6, 6.07) is 15.5. The topological polar surface area (TPSA) is 59.3 Å². The molecule has 5 heteroatoms. The molecule has 0 aliphatic carbocycles. The highest BCUT2D eigenvalue weighted by molar-refractivity contribution is 6.30. The normalized spacial score (nSPS) is 10.8. The van der Waals surface area contributed by atoms with Crippen LogP contribution in [0.4, 0.5) is 0 Å². The van der Waals surface area contributed by atoms with Gasteiger partial charge in [-0.25, -0.2) is 4.79 Å². The van der Waals surface area contributed by atoms with E-state index < -0.39 is 5.97 Å². The maximum atomic E-state index is 12.2. The number of para-hydroxylation sites is 1. The lowest BCUT2D eigenvalue weighted by Gasteiger charge is -2.08. The summed E-state index contributed by atoms with van der Waals surface area (Å²) >= 11 is 5.85. The van der Waals surface area contributed by atoms with Crippen molar-refractivity contribution >= 4 is 23.6 Å². The minimum atomic E-state index is -0.745. The van der Waals surface area contributed by atoms with E-state index in [9.17, 15) is 10.1 Å². The zero-order chi connectivity index (χ0) is 17.4. The van der Waals surface area contributed by atoms with Crippen LogP contribution in [-0.4, -0.2) is 12.6 Å². The first-order valence-electron chi connectivity index (χ1n) is 7.45. The SMILES string of the molecule is CCCOc1ccccc1/C=C(\C#N)C(=O)Oc1cccc(Cl)c1. The lowest BCUT2D eigenvalue weighted by molar-refractivity contribution is -0.129. The summed E-state index contributed by atoms with van der Waals surface area (Å²) in [4.78, 5) is 12.2. The lowest BCUT2D eigenvalue weighted by Crippen LogP contribution is -2.10. The van der Waals surface area contributed by atoms with Gasteiger partial charge >= 0.3 is 5.97 Å². The van der Waals surface area contributed by atoms with Gasteiger partial charge in [0.05, 0.1) is 6.61 Å². The summed E-state index contributed by atoms with van der Waals surface area (Å²) in [5.74, 6) is 0.150. The lowest BCUT2D eigenvalue weighted by atomic mass is 10.1. The van der Waals surface area contributed by atoms with Gasteiger partial charge in [-0.2, -0.15) is 5.26 Å². The minimum Gasteiger partial charge on any atom is -0.493 e. The number of carbonyl (C=O) groups excluding carboxylic acids is 1. The summed E-state index contributed by atoms with van der Waals surface area (Å²) < 4.78 is 10.8. The molecule has 0 amide bonds. The Labute approximate surface area is 145 Å². The first-order chi connectivity index (χ1) is 11.6. The van der Waals surface area contributed by atoms with Crippen molar-refractivity contribution in [3.05, 3.63) is 64.7 Å². The van der Waals surface area contributed by atoms with E-state index in [4.69, 9.17) is 21.1 Å². The molecule has 0 aliphatic rings. The van der Waals surface area contributed by atoms with Crippen molar-refractivity contribution in [3.8, 4) is 17.6 Å². The number of carbonyl (C=O) groups is 1. The van der Waals surface area contributed by atoms with Crippen LogP contribution in [0, 0.1) is 11.3 Å². The number of rotatable bonds is 6. The van der Waals surface area contributed by atoms with E-state index in [-0.39, 0.29) is 11.3 Å². The van der Waals surface area contributed by atoms with Gasteiger partial charge in [0.25, 0.3) is 0 Å². The third-order valence-electron chi connectivity index (χ3n) is 3.03. The van der Waals surface area contributed by atoms with Crippen LogP contribution in [0.1, 0.15) is 18.9 Å². The average molecular weight is 342 g/mol. The molecule has 2 rings (SSSR count). The molecule has 0 heterocycles. The Balaban J connectivity index is 2.23. The van der Waals surface area contributed by atoms with Crippen molar-refractivity contribution in [1.29, 1.82) is 5.26 Å². The molecule has 2 aromatic rings. The molecule has 24 heavy (non-hydrogen) atoms. The van der Waals surface area contributed by atoms with Crippen LogP contribution < -0.4 is 9.47 Å². The van der Waals surface area contributed by atoms with E-state index in [0.717, 1.165) is 6.42 Å². The first-order valence-corrected chi connectivity index (χ1v) is 7.83. The standard InChI is InChI=1S/C19H16ClNO3/c1-2-10-23-18-9-4-3-6-14(18)11-15(13-21)19(22)24-17-8-5-7-16(20)12-17/h3-9,11-12H,2,10H2,1H3/b15-11+. The number of hydrogen-bond acceptors (Lipinski definition) is 4. The average Bonchev–Trinajstić information content (AvgIpc) is 2.58. The zero-order valence-electron chi connectivity index (χ0n) is 13.2. The molecule has 4 nitrogen and oxygen atoms in total. The maximum Gasteiger partial charge on any atom is 0.354 e. The Bertz CT molecular complexity index is 793. The fourth-order valence-corrected chi connectivity index (χ4v) is 2.11. The molecule has 0 radical (unpaired) electrons. The third-order valence-corrected chi connectivity index (χ3v) is 3.26. The van der Waals surface area contributed by atoms with Gasteiger partial charge in [-0.05, 0) is 36.8 Å². The van der Waals surface area contributed by atoms with E-state index in [1.165, 1.54) is 12.1 Å². The molecular formula is C19H16ClNO3. The first kappa shape index (κ1) is 17.6. The second-order valence-corrected chi connectivity index (χ2v) is 5.34. The molecule has 2 aromatic carbocycles. The largest absolute Gasteiger partial charge is 0.493 e. The highest BCUT2D eigenvalue weighted by Crippen LogP contribution is 2.23. The Morgan fingerprint density at radius 2 is 2.04 bits per heavy atom. The van der Waals surface area contributed by atoms with Crippen molar-refractivity contribution in [2.75, 3.05) is 6.61 Å². The van der Waals surface area contributed by atoms with Gasteiger partial charge in [0.1, 0.15) is 23.1 Å². The Hall–Kier alpha value is -2.77. The van der Waals surface area contributed by atoms with Crippen LogP contribution >= 0.6 is 11.6 Å². The summed E-state index contributed by atoms with van der Waals surface area (Å²) in [5.41, 5.74) is 0.521. The maximum absolute atomic E-state index is 12.2. The van der Waals surface area contributed by atoms with Crippen LogP contribution in [0.5, 0.6) is 11.5 Å². The fourth-order valence-electron chi connectivity index (χ4n) is 1.93.